The summed E-state index contributed by atoms with van der Waals surface area (Å²) in [5.74, 6) is 0.00349. The largest absolute Gasteiger partial charge is 0.325 e. The summed E-state index contributed by atoms with van der Waals surface area (Å²) in [5.41, 5.74) is 3.29. The van der Waals surface area contributed by atoms with Crippen LogP contribution < -0.4 is 5.32 Å². The first-order chi connectivity index (χ1) is 11.2. The summed E-state index contributed by atoms with van der Waals surface area (Å²) >= 11 is 0. The molecule has 0 unspecified atom stereocenters. The Labute approximate surface area is 138 Å². The Balaban J connectivity index is 1.86. The summed E-state index contributed by atoms with van der Waals surface area (Å²) in [6.07, 6.45) is 2.76. The highest BCUT2D eigenvalue weighted by molar-refractivity contribution is 5.92. The van der Waals surface area contributed by atoms with Crippen molar-refractivity contribution in [2.45, 2.75) is 13.3 Å². The number of nitrogens with zero attached hydrogens (tertiary/aromatic N) is 1. The average molecular weight is 308 g/mol. The van der Waals surface area contributed by atoms with Crippen LogP contribution in [0, 0.1) is 6.92 Å². The smallest absolute Gasteiger partial charge is 0.238 e. The number of hydrogen-bond acceptors (Lipinski definition) is 2. The van der Waals surface area contributed by atoms with Gasteiger partial charge in [-0.3, -0.25) is 9.69 Å². The molecule has 0 aliphatic rings. The van der Waals surface area contributed by atoms with Crippen LogP contribution in [-0.4, -0.2) is 30.4 Å². The number of carbonyl (C=O) groups excluding carboxylic acids is 1. The van der Waals surface area contributed by atoms with Gasteiger partial charge in [-0.25, -0.2) is 0 Å². The third kappa shape index (κ3) is 6.09. The summed E-state index contributed by atoms with van der Waals surface area (Å²) in [6.45, 7) is 7.71. The standard InChI is InChI=1S/C20H24N2O/c1-3-14-22(15-13-18-7-5-4-6-8-18)16-20(23)21-19-11-9-17(2)10-12-19/h3-12H,1,13-16H2,2H3,(H,21,23). The van der Waals surface area contributed by atoms with Crippen LogP contribution in [0.4, 0.5) is 5.69 Å². The first kappa shape index (κ1) is 17.0. The molecule has 23 heavy (non-hydrogen) atoms. The lowest BCUT2D eigenvalue weighted by atomic mass is 10.1. The van der Waals surface area contributed by atoms with Gasteiger partial charge in [0.05, 0.1) is 6.54 Å². The molecule has 3 nitrogen and oxygen atoms in total. The maximum atomic E-state index is 12.2. The van der Waals surface area contributed by atoms with Crippen molar-refractivity contribution in [1.29, 1.82) is 0 Å². The highest BCUT2D eigenvalue weighted by atomic mass is 16.2. The molecule has 0 atom stereocenters. The first-order valence-electron chi connectivity index (χ1n) is 7.91. The van der Waals surface area contributed by atoms with Gasteiger partial charge in [0, 0.05) is 18.8 Å². The Morgan fingerprint density at radius 1 is 1.13 bits per heavy atom. The van der Waals surface area contributed by atoms with Gasteiger partial charge in [0.1, 0.15) is 0 Å². The molecule has 0 radical (unpaired) electrons. The summed E-state index contributed by atoms with van der Waals surface area (Å²) < 4.78 is 0. The third-order valence-corrected chi connectivity index (χ3v) is 3.65. The number of aryl methyl sites for hydroxylation is 1. The molecule has 120 valence electrons. The monoisotopic (exact) mass is 308 g/mol. The molecule has 1 N–H and O–H groups in total. The predicted molar refractivity (Wildman–Crippen MR) is 96.6 cm³/mol. The topological polar surface area (TPSA) is 32.3 Å². The highest BCUT2D eigenvalue weighted by Gasteiger charge is 2.10. The van der Waals surface area contributed by atoms with Crippen molar-refractivity contribution in [3.05, 3.63) is 78.4 Å². The maximum Gasteiger partial charge on any atom is 0.238 e. The van der Waals surface area contributed by atoms with E-state index >= 15 is 0 Å². The Morgan fingerprint density at radius 2 is 1.83 bits per heavy atom. The minimum atomic E-state index is 0.00349. The molecule has 0 aliphatic heterocycles. The molecule has 0 bridgehead atoms. The van der Waals surface area contributed by atoms with E-state index in [1.54, 1.807) is 0 Å². The van der Waals surface area contributed by atoms with Crippen LogP contribution in [0.15, 0.2) is 67.3 Å². The van der Waals surface area contributed by atoms with E-state index in [4.69, 9.17) is 0 Å². The van der Waals surface area contributed by atoms with E-state index in [1.165, 1.54) is 11.1 Å². The van der Waals surface area contributed by atoms with Gasteiger partial charge in [-0.1, -0.05) is 54.1 Å². The van der Waals surface area contributed by atoms with Gasteiger partial charge >= 0.3 is 0 Å². The quantitative estimate of drug-likeness (QED) is 0.755. The number of amides is 1. The summed E-state index contributed by atoms with van der Waals surface area (Å²) in [7, 11) is 0. The Hall–Kier alpha value is -2.39. The van der Waals surface area contributed by atoms with Gasteiger partial charge in [0.25, 0.3) is 0 Å². The van der Waals surface area contributed by atoms with Crippen molar-refractivity contribution < 1.29 is 4.79 Å². The third-order valence-electron chi connectivity index (χ3n) is 3.65. The van der Waals surface area contributed by atoms with Crippen molar-refractivity contribution in [3.8, 4) is 0 Å². The van der Waals surface area contributed by atoms with Gasteiger partial charge in [0.2, 0.25) is 5.91 Å². The van der Waals surface area contributed by atoms with Crippen LogP contribution in [0.25, 0.3) is 0 Å². The molecular formula is C20H24N2O. The SMILES string of the molecule is C=CCN(CCc1ccccc1)CC(=O)Nc1ccc(C)cc1. The fourth-order valence-corrected chi connectivity index (χ4v) is 2.39. The van der Waals surface area contributed by atoms with E-state index in [9.17, 15) is 4.79 Å². The number of hydrogen-bond donors (Lipinski definition) is 1. The van der Waals surface area contributed by atoms with E-state index in [1.807, 2.05) is 55.5 Å². The molecule has 0 spiro atoms. The van der Waals surface area contributed by atoms with Crippen molar-refractivity contribution in [2.24, 2.45) is 0 Å². The minimum Gasteiger partial charge on any atom is -0.325 e. The van der Waals surface area contributed by atoms with E-state index in [0.29, 0.717) is 13.1 Å². The van der Waals surface area contributed by atoms with Gasteiger partial charge in [-0.15, -0.1) is 6.58 Å². The second-order valence-electron chi connectivity index (χ2n) is 5.67. The van der Waals surface area contributed by atoms with E-state index in [0.717, 1.165) is 18.7 Å². The molecule has 0 fully saturated rings. The Kier molecular flexibility index (Phi) is 6.57. The highest BCUT2D eigenvalue weighted by Crippen LogP contribution is 2.09. The molecule has 0 aromatic heterocycles. The van der Waals surface area contributed by atoms with E-state index in [2.05, 4.69) is 28.9 Å². The molecule has 0 aliphatic carbocycles. The lowest BCUT2D eigenvalue weighted by molar-refractivity contribution is -0.117. The van der Waals surface area contributed by atoms with Gasteiger partial charge < -0.3 is 5.32 Å². The van der Waals surface area contributed by atoms with Gasteiger partial charge in [-0.05, 0) is 31.0 Å². The number of anilines is 1. The minimum absolute atomic E-state index is 0.00349. The van der Waals surface area contributed by atoms with Crippen LogP contribution in [0.3, 0.4) is 0 Å². The van der Waals surface area contributed by atoms with Crippen LogP contribution in [0.1, 0.15) is 11.1 Å². The molecule has 3 heteroatoms. The number of benzene rings is 2. The molecule has 0 saturated heterocycles. The molecule has 0 heterocycles. The number of rotatable bonds is 8. The van der Waals surface area contributed by atoms with Gasteiger partial charge in [0.15, 0.2) is 0 Å². The zero-order valence-corrected chi connectivity index (χ0v) is 13.7. The molecule has 2 aromatic rings. The van der Waals surface area contributed by atoms with Crippen molar-refractivity contribution in [3.63, 3.8) is 0 Å². The normalized spacial score (nSPS) is 10.5. The molecular weight excluding hydrogens is 284 g/mol. The fourth-order valence-electron chi connectivity index (χ4n) is 2.39. The van der Waals surface area contributed by atoms with Crippen LogP contribution >= 0.6 is 0 Å². The molecule has 0 saturated carbocycles. The van der Waals surface area contributed by atoms with Gasteiger partial charge in [-0.2, -0.15) is 0 Å². The summed E-state index contributed by atoms with van der Waals surface area (Å²) in [5, 5.41) is 2.94. The molecule has 2 aromatic carbocycles. The molecule has 2 rings (SSSR count). The summed E-state index contributed by atoms with van der Waals surface area (Å²) in [4.78, 5) is 14.3. The van der Waals surface area contributed by atoms with Crippen LogP contribution in [0.2, 0.25) is 0 Å². The van der Waals surface area contributed by atoms with Crippen molar-refractivity contribution in [2.75, 3.05) is 25.0 Å². The van der Waals surface area contributed by atoms with E-state index in [-0.39, 0.29) is 5.91 Å². The Morgan fingerprint density at radius 3 is 2.48 bits per heavy atom. The lowest BCUT2D eigenvalue weighted by Crippen LogP contribution is -2.34. The number of carbonyl (C=O) groups is 1. The molecule has 1 amide bonds. The summed E-state index contributed by atoms with van der Waals surface area (Å²) in [6, 6.07) is 18.1. The average Bonchev–Trinajstić information content (AvgIpc) is 2.56. The Bertz CT molecular complexity index is 620. The predicted octanol–water partition coefficient (Wildman–Crippen LogP) is 3.66. The van der Waals surface area contributed by atoms with Crippen molar-refractivity contribution in [1.82, 2.24) is 4.90 Å². The van der Waals surface area contributed by atoms with Crippen LogP contribution in [-0.2, 0) is 11.2 Å². The first-order valence-corrected chi connectivity index (χ1v) is 7.91. The lowest BCUT2D eigenvalue weighted by Gasteiger charge is -2.20. The zero-order chi connectivity index (χ0) is 16.5. The van der Waals surface area contributed by atoms with E-state index < -0.39 is 0 Å². The van der Waals surface area contributed by atoms with Crippen molar-refractivity contribution >= 4 is 11.6 Å². The second-order valence-corrected chi connectivity index (χ2v) is 5.67. The fraction of sp³-hybridized carbons (Fsp3) is 0.250. The second kappa shape index (κ2) is 8.91. The number of nitrogens with one attached hydrogen (secondary N) is 1. The van der Waals surface area contributed by atoms with Crippen LogP contribution in [0.5, 0.6) is 0 Å². The maximum absolute atomic E-state index is 12.2. The zero-order valence-electron chi connectivity index (χ0n) is 13.7.